The summed E-state index contributed by atoms with van der Waals surface area (Å²) in [5.74, 6) is -0.658. The van der Waals surface area contributed by atoms with Gasteiger partial charge in [0.2, 0.25) is 5.89 Å². The number of benzene rings is 4. The molecule has 0 bridgehead atoms. The van der Waals surface area contributed by atoms with Gasteiger partial charge in [0.25, 0.3) is 5.91 Å². The molecule has 1 amide bonds. The van der Waals surface area contributed by atoms with E-state index in [0.717, 1.165) is 10.9 Å². The second kappa shape index (κ2) is 9.60. The van der Waals surface area contributed by atoms with Crippen LogP contribution in [-0.4, -0.2) is 23.0 Å². The Bertz CT molecular complexity index is 1520. The third kappa shape index (κ3) is 4.48. The molecule has 5 aromatic rings. The number of carbonyl (C=O) groups excluding carboxylic acids is 2. The molecular formula is C28H21ClN2O4. The van der Waals surface area contributed by atoms with Crippen LogP contribution in [0.2, 0.25) is 5.02 Å². The molecule has 1 N–H and O–H groups in total. The molecule has 5 rings (SSSR count). The number of rotatable bonds is 6. The van der Waals surface area contributed by atoms with E-state index in [9.17, 15) is 9.59 Å². The first-order chi connectivity index (χ1) is 17.0. The number of para-hydroxylation sites is 3. The fraction of sp³-hybridized carbons (Fsp3) is 0.107. The van der Waals surface area contributed by atoms with E-state index in [1.54, 1.807) is 43.3 Å². The molecular weight excluding hydrogens is 464 g/mol. The molecule has 0 aliphatic heterocycles. The lowest BCUT2D eigenvalue weighted by atomic mass is 9.99. The first-order valence-corrected chi connectivity index (χ1v) is 11.6. The number of aromatic nitrogens is 1. The fourth-order valence-corrected chi connectivity index (χ4v) is 4.15. The van der Waals surface area contributed by atoms with E-state index in [1.807, 2.05) is 48.5 Å². The van der Waals surface area contributed by atoms with Gasteiger partial charge in [0, 0.05) is 10.9 Å². The number of fused-ring (bicyclic) bond motifs is 2. The van der Waals surface area contributed by atoms with Crippen molar-refractivity contribution in [2.75, 3.05) is 5.32 Å². The highest BCUT2D eigenvalue weighted by molar-refractivity contribution is 6.33. The largest absolute Gasteiger partial charge is 0.449 e. The molecule has 35 heavy (non-hydrogen) atoms. The average Bonchev–Trinajstić information content (AvgIpc) is 3.32. The highest BCUT2D eigenvalue weighted by Crippen LogP contribution is 2.33. The van der Waals surface area contributed by atoms with Gasteiger partial charge in [-0.3, -0.25) is 4.79 Å². The first kappa shape index (κ1) is 22.6. The van der Waals surface area contributed by atoms with Crippen LogP contribution >= 0.6 is 11.6 Å². The number of hydrogen-bond donors (Lipinski definition) is 1. The maximum Gasteiger partial charge on any atom is 0.339 e. The Morgan fingerprint density at radius 1 is 0.971 bits per heavy atom. The summed E-state index contributed by atoms with van der Waals surface area (Å²) in [5.41, 5.74) is 2.82. The lowest BCUT2D eigenvalue weighted by Crippen LogP contribution is -2.32. The Morgan fingerprint density at radius 2 is 1.71 bits per heavy atom. The predicted octanol–water partition coefficient (Wildman–Crippen LogP) is 6.88. The molecule has 174 valence electrons. The highest BCUT2D eigenvalue weighted by Gasteiger charge is 2.25. The minimum Gasteiger partial charge on any atom is -0.449 e. The zero-order valence-corrected chi connectivity index (χ0v) is 19.6. The Balaban J connectivity index is 1.48. The average molecular weight is 485 g/mol. The zero-order valence-electron chi connectivity index (χ0n) is 18.8. The number of nitrogens with zero attached hydrogens (tertiary/aromatic N) is 1. The van der Waals surface area contributed by atoms with Crippen molar-refractivity contribution in [2.24, 2.45) is 0 Å². The van der Waals surface area contributed by atoms with Gasteiger partial charge in [-0.15, -0.1) is 0 Å². The molecule has 0 saturated heterocycles. The number of esters is 1. The number of oxazole rings is 1. The van der Waals surface area contributed by atoms with Gasteiger partial charge >= 0.3 is 5.97 Å². The van der Waals surface area contributed by atoms with Gasteiger partial charge in [-0.2, -0.15) is 0 Å². The van der Waals surface area contributed by atoms with E-state index in [4.69, 9.17) is 20.8 Å². The van der Waals surface area contributed by atoms with Crippen LogP contribution in [0.15, 0.2) is 89.3 Å². The van der Waals surface area contributed by atoms with E-state index in [2.05, 4.69) is 10.3 Å². The molecule has 7 heteroatoms. The van der Waals surface area contributed by atoms with E-state index >= 15 is 0 Å². The van der Waals surface area contributed by atoms with E-state index in [-0.39, 0.29) is 0 Å². The minimum atomic E-state index is -0.995. The van der Waals surface area contributed by atoms with Crippen LogP contribution in [0.5, 0.6) is 0 Å². The van der Waals surface area contributed by atoms with Crippen LogP contribution in [0, 0.1) is 0 Å². The van der Waals surface area contributed by atoms with Crippen LogP contribution < -0.4 is 5.32 Å². The molecule has 1 heterocycles. The number of ether oxygens (including phenoxy) is 1. The molecule has 0 spiro atoms. The molecule has 0 saturated carbocycles. The number of hydrogen-bond acceptors (Lipinski definition) is 5. The van der Waals surface area contributed by atoms with Crippen molar-refractivity contribution in [1.82, 2.24) is 4.98 Å². The van der Waals surface area contributed by atoms with Gasteiger partial charge < -0.3 is 14.5 Å². The number of carbonyl (C=O) groups is 2. The molecule has 1 atom stereocenters. The Morgan fingerprint density at radius 3 is 2.49 bits per heavy atom. The standard InChI is InChI=1S/C28H21ClN2O4/c1-2-23(26(32)30-21-14-4-3-13-20(21)29)35-28(33)19-12-8-10-17-9-7-11-18(25(17)19)27-31-22-15-5-6-16-24(22)34-27/h3-16,23H,2H2,1H3,(H,30,32). The van der Waals surface area contributed by atoms with Gasteiger partial charge in [-0.1, -0.05) is 67.1 Å². The molecule has 1 aromatic heterocycles. The smallest absolute Gasteiger partial charge is 0.339 e. The normalized spacial score (nSPS) is 11.9. The summed E-state index contributed by atoms with van der Waals surface area (Å²) in [6.07, 6.45) is -0.698. The van der Waals surface area contributed by atoms with Crippen LogP contribution in [0.1, 0.15) is 23.7 Å². The minimum absolute atomic E-state index is 0.296. The summed E-state index contributed by atoms with van der Waals surface area (Å²) in [7, 11) is 0. The van der Waals surface area contributed by atoms with Crippen LogP contribution in [0.25, 0.3) is 33.3 Å². The third-order valence-corrected chi connectivity index (χ3v) is 6.02. The maximum absolute atomic E-state index is 13.3. The number of nitrogens with one attached hydrogen (secondary N) is 1. The molecule has 0 aliphatic carbocycles. The second-order valence-corrected chi connectivity index (χ2v) is 8.37. The van der Waals surface area contributed by atoms with Crippen molar-refractivity contribution in [3.05, 3.63) is 95.5 Å². The SMILES string of the molecule is CCC(OC(=O)c1cccc2cccc(-c3nc4ccccc4o3)c12)C(=O)Nc1ccccc1Cl. The summed E-state index contributed by atoms with van der Waals surface area (Å²) in [6.45, 7) is 1.77. The van der Waals surface area contributed by atoms with Crippen molar-refractivity contribution < 1.29 is 18.7 Å². The maximum atomic E-state index is 13.3. The lowest BCUT2D eigenvalue weighted by Gasteiger charge is -2.17. The predicted molar refractivity (Wildman–Crippen MR) is 137 cm³/mol. The molecule has 0 aliphatic rings. The van der Waals surface area contributed by atoms with Crippen molar-refractivity contribution in [2.45, 2.75) is 19.4 Å². The number of amides is 1. The molecule has 1 unspecified atom stereocenters. The topological polar surface area (TPSA) is 81.4 Å². The van der Waals surface area contributed by atoms with E-state index < -0.39 is 18.0 Å². The Labute approximate surface area is 206 Å². The van der Waals surface area contributed by atoms with Crippen molar-refractivity contribution in [3.8, 4) is 11.5 Å². The molecule has 4 aromatic carbocycles. The lowest BCUT2D eigenvalue weighted by molar-refractivity contribution is -0.124. The summed E-state index contributed by atoms with van der Waals surface area (Å²) in [5, 5.41) is 4.61. The highest BCUT2D eigenvalue weighted by atomic mass is 35.5. The summed E-state index contributed by atoms with van der Waals surface area (Å²) >= 11 is 6.15. The Hall–Kier alpha value is -4.16. The van der Waals surface area contributed by atoms with Crippen LogP contribution in [0.3, 0.4) is 0 Å². The van der Waals surface area contributed by atoms with Gasteiger partial charge in [0.15, 0.2) is 11.7 Å². The summed E-state index contributed by atoms with van der Waals surface area (Å²) < 4.78 is 11.6. The molecule has 0 radical (unpaired) electrons. The van der Waals surface area contributed by atoms with Crippen molar-refractivity contribution in [1.29, 1.82) is 0 Å². The summed E-state index contributed by atoms with van der Waals surface area (Å²) in [4.78, 5) is 30.8. The third-order valence-electron chi connectivity index (χ3n) is 5.69. The number of halogens is 1. The van der Waals surface area contributed by atoms with Gasteiger partial charge in [-0.25, -0.2) is 9.78 Å². The molecule has 0 fully saturated rings. The van der Waals surface area contributed by atoms with E-state index in [0.29, 0.717) is 45.1 Å². The number of anilines is 1. The zero-order chi connectivity index (χ0) is 24.4. The first-order valence-electron chi connectivity index (χ1n) is 11.2. The van der Waals surface area contributed by atoms with Crippen LogP contribution in [0.4, 0.5) is 5.69 Å². The van der Waals surface area contributed by atoms with E-state index in [1.165, 1.54) is 0 Å². The summed E-state index contributed by atoms with van der Waals surface area (Å²) in [6, 6.07) is 25.4. The Kier molecular flexibility index (Phi) is 6.21. The van der Waals surface area contributed by atoms with Gasteiger partial charge in [0.05, 0.1) is 16.3 Å². The second-order valence-electron chi connectivity index (χ2n) is 7.97. The van der Waals surface area contributed by atoms with Crippen molar-refractivity contribution >= 4 is 51.0 Å². The van der Waals surface area contributed by atoms with Gasteiger partial charge in [-0.05, 0) is 48.2 Å². The van der Waals surface area contributed by atoms with Crippen LogP contribution in [-0.2, 0) is 9.53 Å². The fourth-order valence-electron chi connectivity index (χ4n) is 3.97. The molecule has 6 nitrogen and oxygen atoms in total. The van der Waals surface area contributed by atoms with Gasteiger partial charge in [0.1, 0.15) is 5.52 Å². The quantitative estimate of drug-likeness (QED) is 0.266. The van der Waals surface area contributed by atoms with Crippen molar-refractivity contribution in [3.63, 3.8) is 0 Å². The monoisotopic (exact) mass is 484 g/mol.